The Hall–Kier alpha value is -2.62. The van der Waals surface area contributed by atoms with Crippen LogP contribution in [0, 0.1) is 17.7 Å². The fraction of sp³-hybridized carbons (Fsp3) is 0.576. The number of hydrogen-bond acceptors (Lipinski definition) is 5. The lowest BCUT2D eigenvalue weighted by atomic mass is 9.72. The lowest BCUT2D eigenvalue weighted by Crippen LogP contribution is -2.58. The van der Waals surface area contributed by atoms with Gasteiger partial charge in [-0.2, -0.15) is 0 Å². The highest BCUT2D eigenvalue weighted by Crippen LogP contribution is 2.38. The van der Waals surface area contributed by atoms with E-state index in [2.05, 4.69) is 15.5 Å². The summed E-state index contributed by atoms with van der Waals surface area (Å²) in [4.78, 5) is 29.4. The van der Waals surface area contributed by atoms with Gasteiger partial charge in [-0.1, -0.05) is 49.6 Å². The summed E-state index contributed by atoms with van der Waals surface area (Å²) in [6, 6.07) is 14.0. The van der Waals surface area contributed by atoms with E-state index in [0.717, 1.165) is 18.5 Å². The molecule has 4 N–H and O–H groups in total. The zero-order valence-corrected chi connectivity index (χ0v) is 26.0. The zero-order valence-electron chi connectivity index (χ0n) is 25.2. The second kappa shape index (κ2) is 14.7. The molecule has 0 radical (unpaired) electrons. The van der Waals surface area contributed by atoms with Gasteiger partial charge < -0.3 is 16.4 Å². The summed E-state index contributed by atoms with van der Waals surface area (Å²) in [5.41, 5.74) is 7.01. The van der Waals surface area contributed by atoms with Crippen LogP contribution in [-0.4, -0.2) is 63.4 Å². The van der Waals surface area contributed by atoms with Crippen LogP contribution < -0.4 is 16.4 Å². The number of fused-ring (bicyclic) bond motifs is 1. The molecule has 42 heavy (non-hydrogen) atoms. The van der Waals surface area contributed by atoms with E-state index in [9.17, 15) is 18.2 Å². The number of likely N-dealkylation sites (tertiary alicyclic amines) is 1. The Kier molecular flexibility index (Phi) is 11.3. The quantitative estimate of drug-likeness (QED) is 0.360. The van der Waals surface area contributed by atoms with E-state index in [1.807, 2.05) is 51.1 Å². The van der Waals surface area contributed by atoms with Crippen molar-refractivity contribution in [2.75, 3.05) is 18.8 Å². The standard InChI is InChI=1S/C33H47FN4O3S/c1-33(2,3)37-32(40)30-20-24-11-7-8-12-25(24)21-38(30)18-17-27(19-23-9-5-4-6-10-23)36-31(39)29(35)22-42(41)28-15-13-26(34)14-16-28/h4-6,9-10,13-16,24-25,27,29-30H,7-8,11-12,17-22,35H2,1-3H3,(H,36,39)(H,37,40)/t24?,25-,27-,29-,30+,42?/m1/s1. The molecule has 230 valence electrons. The molecular weight excluding hydrogens is 551 g/mol. The normalized spacial score (nSPS) is 23.3. The highest BCUT2D eigenvalue weighted by molar-refractivity contribution is 7.85. The number of carbonyl (C=O) groups is 2. The summed E-state index contributed by atoms with van der Waals surface area (Å²) in [7, 11) is -1.53. The average Bonchev–Trinajstić information content (AvgIpc) is 2.95. The predicted octanol–water partition coefficient (Wildman–Crippen LogP) is 4.17. The van der Waals surface area contributed by atoms with E-state index in [0.29, 0.717) is 36.1 Å². The van der Waals surface area contributed by atoms with Gasteiger partial charge in [0.15, 0.2) is 0 Å². The summed E-state index contributed by atoms with van der Waals surface area (Å²) < 4.78 is 26.1. The number of halogens is 1. The van der Waals surface area contributed by atoms with Crippen molar-refractivity contribution in [2.45, 2.75) is 94.3 Å². The number of benzene rings is 2. The number of nitrogens with one attached hydrogen (secondary N) is 2. The average molecular weight is 599 g/mol. The molecule has 0 spiro atoms. The van der Waals surface area contributed by atoms with Gasteiger partial charge in [0.1, 0.15) is 5.82 Å². The van der Waals surface area contributed by atoms with Crippen LogP contribution in [0.25, 0.3) is 0 Å². The Morgan fingerprint density at radius 2 is 1.71 bits per heavy atom. The predicted molar refractivity (Wildman–Crippen MR) is 166 cm³/mol. The number of carbonyl (C=O) groups excluding carboxylic acids is 2. The molecule has 1 heterocycles. The van der Waals surface area contributed by atoms with Crippen LogP contribution in [0.1, 0.15) is 64.9 Å². The van der Waals surface area contributed by atoms with Crippen LogP contribution in [0.4, 0.5) is 4.39 Å². The largest absolute Gasteiger partial charge is 0.352 e. The number of piperidine rings is 1. The topological polar surface area (TPSA) is 105 Å². The van der Waals surface area contributed by atoms with E-state index < -0.39 is 22.7 Å². The van der Waals surface area contributed by atoms with Crippen molar-refractivity contribution in [3.8, 4) is 0 Å². The first kappa shape index (κ1) is 32.3. The van der Waals surface area contributed by atoms with E-state index in [-0.39, 0.29) is 35.2 Å². The minimum atomic E-state index is -1.53. The molecule has 4 rings (SSSR count). The molecule has 2 amide bonds. The van der Waals surface area contributed by atoms with E-state index in [1.165, 1.54) is 49.9 Å². The fourth-order valence-electron chi connectivity index (χ4n) is 6.35. The van der Waals surface area contributed by atoms with Gasteiger partial charge >= 0.3 is 0 Å². The number of nitrogens with two attached hydrogens (primary N) is 1. The molecule has 1 aliphatic carbocycles. The van der Waals surface area contributed by atoms with Crippen LogP contribution in [0.2, 0.25) is 0 Å². The molecule has 7 nitrogen and oxygen atoms in total. The lowest BCUT2D eigenvalue weighted by Gasteiger charge is -2.46. The van der Waals surface area contributed by atoms with Gasteiger partial charge in [-0.3, -0.25) is 18.7 Å². The zero-order chi connectivity index (χ0) is 30.3. The van der Waals surface area contributed by atoms with Crippen molar-refractivity contribution in [2.24, 2.45) is 17.6 Å². The fourth-order valence-corrected chi connectivity index (χ4v) is 7.46. The van der Waals surface area contributed by atoms with Crippen molar-refractivity contribution in [1.29, 1.82) is 0 Å². The Bertz CT molecular complexity index is 1200. The van der Waals surface area contributed by atoms with Crippen LogP contribution in [0.5, 0.6) is 0 Å². The van der Waals surface area contributed by atoms with E-state index >= 15 is 0 Å². The van der Waals surface area contributed by atoms with Gasteiger partial charge in [-0.15, -0.1) is 0 Å². The van der Waals surface area contributed by atoms with Crippen LogP contribution in [0.15, 0.2) is 59.5 Å². The summed E-state index contributed by atoms with van der Waals surface area (Å²) in [5, 5.41) is 6.33. The van der Waals surface area contributed by atoms with Crippen molar-refractivity contribution in [3.05, 3.63) is 66.0 Å². The monoisotopic (exact) mass is 598 g/mol. The van der Waals surface area contributed by atoms with Crippen LogP contribution in [0.3, 0.4) is 0 Å². The first-order chi connectivity index (χ1) is 20.0. The number of amides is 2. The Balaban J connectivity index is 1.44. The molecule has 6 atom stereocenters. The molecule has 9 heteroatoms. The highest BCUT2D eigenvalue weighted by atomic mass is 32.2. The van der Waals surface area contributed by atoms with Crippen LogP contribution in [-0.2, 0) is 26.8 Å². The van der Waals surface area contributed by atoms with Crippen LogP contribution >= 0.6 is 0 Å². The maximum atomic E-state index is 13.5. The highest BCUT2D eigenvalue weighted by Gasteiger charge is 2.40. The smallest absolute Gasteiger partial charge is 0.238 e. The maximum Gasteiger partial charge on any atom is 0.238 e. The van der Waals surface area contributed by atoms with Crippen molar-refractivity contribution < 1.29 is 18.2 Å². The first-order valence-corrected chi connectivity index (χ1v) is 16.6. The van der Waals surface area contributed by atoms with Gasteiger partial charge in [0.2, 0.25) is 11.8 Å². The van der Waals surface area contributed by atoms with E-state index in [4.69, 9.17) is 5.73 Å². The second-order valence-corrected chi connectivity index (χ2v) is 14.5. The lowest BCUT2D eigenvalue weighted by molar-refractivity contribution is -0.132. The van der Waals surface area contributed by atoms with Crippen molar-refractivity contribution in [1.82, 2.24) is 15.5 Å². The molecule has 0 bridgehead atoms. The van der Waals surface area contributed by atoms with Gasteiger partial charge in [-0.05, 0) is 88.1 Å². The third-order valence-corrected chi connectivity index (χ3v) is 9.94. The van der Waals surface area contributed by atoms with Gasteiger partial charge in [0, 0.05) is 29.6 Å². The molecule has 2 fully saturated rings. The van der Waals surface area contributed by atoms with Gasteiger partial charge in [0.25, 0.3) is 0 Å². The molecule has 0 aromatic heterocycles. The Morgan fingerprint density at radius 1 is 1.05 bits per heavy atom. The molecule has 1 saturated heterocycles. The molecular formula is C33H47FN4O3S. The van der Waals surface area contributed by atoms with Gasteiger partial charge in [0.05, 0.1) is 28.6 Å². The summed E-state index contributed by atoms with van der Waals surface area (Å²) in [6.45, 7) is 7.62. The summed E-state index contributed by atoms with van der Waals surface area (Å²) >= 11 is 0. The minimum Gasteiger partial charge on any atom is -0.352 e. The molecule has 1 aliphatic heterocycles. The third kappa shape index (κ3) is 9.44. The SMILES string of the molecule is CC(C)(C)NC(=O)[C@@H]1CC2CCCC[C@@H]2CN1CC[C@H](Cc1ccccc1)NC(=O)[C@H](N)CS(=O)c1ccc(F)cc1. The third-order valence-electron chi connectivity index (χ3n) is 8.48. The second-order valence-electron chi connectivity index (χ2n) is 13.0. The number of nitrogens with zero attached hydrogens (tertiary/aromatic N) is 1. The molecule has 2 aliphatic rings. The minimum absolute atomic E-state index is 0.0558. The Morgan fingerprint density at radius 3 is 2.38 bits per heavy atom. The Labute approximate surface area is 252 Å². The summed E-state index contributed by atoms with van der Waals surface area (Å²) in [6.07, 6.45) is 7.05. The van der Waals surface area contributed by atoms with Crippen molar-refractivity contribution >= 4 is 22.6 Å². The molecule has 2 unspecified atom stereocenters. The van der Waals surface area contributed by atoms with Crippen molar-refractivity contribution in [3.63, 3.8) is 0 Å². The van der Waals surface area contributed by atoms with Gasteiger partial charge in [-0.25, -0.2) is 4.39 Å². The number of hydrogen-bond donors (Lipinski definition) is 3. The summed E-state index contributed by atoms with van der Waals surface area (Å²) in [5.74, 6) is 0.451. The van der Waals surface area contributed by atoms with E-state index in [1.54, 1.807) is 0 Å². The maximum absolute atomic E-state index is 13.5. The molecule has 1 saturated carbocycles. The molecule has 2 aromatic rings. The molecule has 2 aromatic carbocycles. The first-order valence-electron chi connectivity index (χ1n) is 15.3. The number of rotatable bonds is 11.